The fourth-order valence-electron chi connectivity index (χ4n) is 2.31. The Kier molecular flexibility index (Phi) is 2.54. The molecule has 17 heavy (non-hydrogen) atoms. The minimum Gasteiger partial charge on any atom is -0.321 e. The van der Waals surface area contributed by atoms with Crippen molar-refractivity contribution < 1.29 is 0 Å². The number of halogens is 1. The second-order valence-corrected chi connectivity index (χ2v) is 5.74. The first-order chi connectivity index (χ1) is 8.20. The molecule has 0 aliphatic heterocycles. The summed E-state index contributed by atoms with van der Waals surface area (Å²) < 4.78 is 3.16. The summed E-state index contributed by atoms with van der Waals surface area (Å²) in [4.78, 5) is 0. The van der Waals surface area contributed by atoms with Crippen molar-refractivity contribution >= 4 is 15.9 Å². The Bertz CT molecular complexity index is 543. The molecular formula is C13H14BrN3. The molecule has 1 saturated carbocycles. The van der Waals surface area contributed by atoms with Gasteiger partial charge in [-0.3, -0.25) is 0 Å². The summed E-state index contributed by atoms with van der Waals surface area (Å²) in [6.07, 6.45) is 5.25. The summed E-state index contributed by atoms with van der Waals surface area (Å²) in [6, 6.07) is 8.62. The van der Waals surface area contributed by atoms with E-state index in [0.717, 1.165) is 16.7 Å². The molecule has 0 amide bonds. The van der Waals surface area contributed by atoms with Gasteiger partial charge in [-0.1, -0.05) is 28.1 Å². The molecular weight excluding hydrogens is 278 g/mol. The van der Waals surface area contributed by atoms with E-state index in [1.54, 1.807) is 6.33 Å². The van der Waals surface area contributed by atoms with E-state index in [-0.39, 0.29) is 0 Å². The zero-order chi connectivity index (χ0) is 11.9. The Morgan fingerprint density at radius 3 is 2.82 bits per heavy atom. The zero-order valence-corrected chi connectivity index (χ0v) is 11.3. The standard InChI is InChI=1S/C13H14BrN3/c1-17-9-15-16-12(17)8-13(5-6-13)10-3-2-4-11(14)7-10/h2-4,7,9H,5-6,8H2,1H3. The molecule has 0 N–H and O–H groups in total. The smallest absolute Gasteiger partial charge is 0.133 e. The number of rotatable bonds is 3. The first-order valence-electron chi connectivity index (χ1n) is 5.79. The first kappa shape index (κ1) is 11.0. The van der Waals surface area contributed by atoms with E-state index in [1.165, 1.54) is 18.4 Å². The van der Waals surface area contributed by atoms with E-state index in [1.807, 2.05) is 11.6 Å². The van der Waals surface area contributed by atoms with Gasteiger partial charge in [0.1, 0.15) is 12.2 Å². The van der Waals surface area contributed by atoms with Crippen LogP contribution in [0, 0.1) is 0 Å². The van der Waals surface area contributed by atoms with Gasteiger partial charge >= 0.3 is 0 Å². The monoisotopic (exact) mass is 291 g/mol. The van der Waals surface area contributed by atoms with Crippen molar-refractivity contribution in [2.45, 2.75) is 24.7 Å². The maximum Gasteiger partial charge on any atom is 0.133 e. The highest BCUT2D eigenvalue weighted by atomic mass is 79.9. The van der Waals surface area contributed by atoms with Gasteiger partial charge in [-0.15, -0.1) is 10.2 Å². The molecule has 1 aromatic carbocycles. The molecule has 1 aliphatic rings. The maximum atomic E-state index is 4.19. The molecule has 3 nitrogen and oxygen atoms in total. The van der Waals surface area contributed by atoms with Crippen molar-refractivity contribution in [3.05, 3.63) is 46.5 Å². The van der Waals surface area contributed by atoms with Crippen LogP contribution in [-0.2, 0) is 18.9 Å². The lowest BCUT2D eigenvalue weighted by atomic mass is 9.92. The average Bonchev–Trinajstić information content (AvgIpc) is 2.99. The summed E-state index contributed by atoms with van der Waals surface area (Å²) in [7, 11) is 2.01. The Morgan fingerprint density at radius 1 is 1.41 bits per heavy atom. The minimum absolute atomic E-state index is 0.296. The molecule has 0 spiro atoms. The summed E-state index contributed by atoms with van der Waals surface area (Å²) >= 11 is 3.54. The third kappa shape index (κ3) is 2.02. The predicted molar refractivity (Wildman–Crippen MR) is 69.8 cm³/mol. The van der Waals surface area contributed by atoms with Gasteiger partial charge in [0, 0.05) is 23.4 Å². The van der Waals surface area contributed by atoms with Crippen LogP contribution in [0.15, 0.2) is 35.1 Å². The predicted octanol–water partition coefficient (Wildman–Crippen LogP) is 2.85. The Hall–Kier alpha value is -1.16. The van der Waals surface area contributed by atoms with E-state index < -0.39 is 0 Å². The van der Waals surface area contributed by atoms with Crippen molar-refractivity contribution in [3.63, 3.8) is 0 Å². The summed E-state index contributed by atoms with van der Waals surface area (Å²) in [5.74, 6) is 1.07. The van der Waals surface area contributed by atoms with Gasteiger partial charge in [0.25, 0.3) is 0 Å². The number of benzene rings is 1. The SMILES string of the molecule is Cn1cnnc1CC1(c2cccc(Br)c2)CC1. The number of nitrogens with zero attached hydrogens (tertiary/aromatic N) is 3. The van der Waals surface area contributed by atoms with Crippen LogP contribution >= 0.6 is 15.9 Å². The van der Waals surface area contributed by atoms with E-state index in [4.69, 9.17) is 0 Å². The lowest BCUT2D eigenvalue weighted by molar-refractivity contribution is 0.630. The molecule has 3 rings (SSSR count). The van der Waals surface area contributed by atoms with Crippen molar-refractivity contribution in [1.29, 1.82) is 0 Å². The zero-order valence-electron chi connectivity index (χ0n) is 9.73. The molecule has 88 valence electrons. The topological polar surface area (TPSA) is 30.7 Å². The summed E-state index contributed by atoms with van der Waals surface area (Å²) in [6.45, 7) is 0. The molecule has 0 unspecified atom stereocenters. The van der Waals surface area contributed by atoms with E-state index >= 15 is 0 Å². The Balaban J connectivity index is 1.90. The highest BCUT2D eigenvalue weighted by Crippen LogP contribution is 2.50. The molecule has 1 heterocycles. The summed E-state index contributed by atoms with van der Waals surface area (Å²) in [5.41, 5.74) is 1.71. The van der Waals surface area contributed by atoms with Gasteiger partial charge in [0.2, 0.25) is 0 Å². The van der Waals surface area contributed by atoms with Crippen LogP contribution in [0.4, 0.5) is 0 Å². The molecule has 0 atom stereocenters. The fraction of sp³-hybridized carbons (Fsp3) is 0.385. The van der Waals surface area contributed by atoms with E-state index in [0.29, 0.717) is 5.41 Å². The van der Waals surface area contributed by atoms with Crippen molar-refractivity contribution in [2.75, 3.05) is 0 Å². The van der Waals surface area contributed by atoms with Crippen LogP contribution in [0.2, 0.25) is 0 Å². The van der Waals surface area contributed by atoms with Crippen LogP contribution in [-0.4, -0.2) is 14.8 Å². The lowest BCUT2D eigenvalue weighted by Gasteiger charge is -2.15. The number of aromatic nitrogens is 3. The van der Waals surface area contributed by atoms with Gasteiger partial charge in [-0.2, -0.15) is 0 Å². The van der Waals surface area contributed by atoms with Crippen molar-refractivity contribution in [3.8, 4) is 0 Å². The van der Waals surface area contributed by atoms with E-state index in [9.17, 15) is 0 Å². The van der Waals surface area contributed by atoms with Crippen LogP contribution in [0.1, 0.15) is 24.2 Å². The Morgan fingerprint density at radius 2 is 2.24 bits per heavy atom. The average molecular weight is 292 g/mol. The van der Waals surface area contributed by atoms with Crippen LogP contribution in [0.5, 0.6) is 0 Å². The van der Waals surface area contributed by atoms with Crippen LogP contribution < -0.4 is 0 Å². The molecule has 1 fully saturated rings. The number of hydrogen-bond acceptors (Lipinski definition) is 2. The molecule has 2 aromatic rings. The molecule has 0 radical (unpaired) electrons. The second-order valence-electron chi connectivity index (χ2n) is 4.83. The van der Waals surface area contributed by atoms with Gasteiger partial charge in [0.15, 0.2) is 0 Å². The van der Waals surface area contributed by atoms with Gasteiger partial charge < -0.3 is 4.57 Å². The largest absolute Gasteiger partial charge is 0.321 e. The minimum atomic E-state index is 0.296. The van der Waals surface area contributed by atoms with Crippen LogP contribution in [0.3, 0.4) is 0 Å². The Labute approximate surface area is 109 Å². The molecule has 0 saturated heterocycles. The lowest BCUT2D eigenvalue weighted by Crippen LogP contribution is -2.13. The van der Waals surface area contributed by atoms with Gasteiger partial charge in [0.05, 0.1) is 0 Å². The maximum absolute atomic E-state index is 4.19. The highest BCUT2D eigenvalue weighted by molar-refractivity contribution is 9.10. The highest BCUT2D eigenvalue weighted by Gasteiger charge is 2.45. The normalized spacial score (nSPS) is 17.1. The third-order valence-corrected chi connectivity index (χ3v) is 4.09. The fourth-order valence-corrected chi connectivity index (χ4v) is 2.71. The third-order valence-electron chi connectivity index (χ3n) is 3.59. The quantitative estimate of drug-likeness (QED) is 0.871. The molecule has 0 bridgehead atoms. The summed E-state index contributed by atoms with van der Waals surface area (Å²) in [5, 5.41) is 8.14. The van der Waals surface area contributed by atoms with Crippen molar-refractivity contribution in [2.24, 2.45) is 7.05 Å². The molecule has 4 heteroatoms. The van der Waals surface area contributed by atoms with Crippen LogP contribution in [0.25, 0.3) is 0 Å². The van der Waals surface area contributed by atoms with Gasteiger partial charge in [-0.25, -0.2) is 0 Å². The molecule has 1 aromatic heterocycles. The van der Waals surface area contributed by atoms with Gasteiger partial charge in [-0.05, 0) is 30.5 Å². The van der Waals surface area contributed by atoms with Crippen molar-refractivity contribution in [1.82, 2.24) is 14.8 Å². The van der Waals surface area contributed by atoms with E-state index in [2.05, 4.69) is 50.4 Å². The number of hydrogen-bond donors (Lipinski definition) is 0. The second kappa shape index (κ2) is 3.95. The molecule has 1 aliphatic carbocycles. The number of aryl methyl sites for hydroxylation is 1. The first-order valence-corrected chi connectivity index (χ1v) is 6.58.